The molecule has 3 aromatic carbocycles. The van der Waals surface area contributed by atoms with Crippen LogP contribution in [0.2, 0.25) is 0 Å². The Bertz CT molecular complexity index is 1070. The molecule has 0 radical (unpaired) electrons. The second-order valence-corrected chi connectivity index (χ2v) is 9.52. The molecule has 0 saturated carbocycles. The van der Waals surface area contributed by atoms with Crippen molar-refractivity contribution in [3.8, 4) is 0 Å². The summed E-state index contributed by atoms with van der Waals surface area (Å²) < 4.78 is 1.14. The van der Waals surface area contributed by atoms with Crippen LogP contribution in [0.3, 0.4) is 0 Å². The van der Waals surface area contributed by atoms with Crippen molar-refractivity contribution < 1.29 is 9.59 Å². The summed E-state index contributed by atoms with van der Waals surface area (Å²) in [7, 11) is 0. The molecule has 1 N–H and O–H groups in total. The Balaban J connectivity index is 1.48. The van der Waals surface area contributed by atoms with Crippen LogP contribution in [0.1, 0.15) is 32.4 Å². The first-order valence-electron chi connectivity index (χ1n) is 9.64. The Kier molecular flexibility index (Phi) is 6.43. The molecule has 0 aliphatic carbocycles. The van der Waals surface area contributed by atoms with Gasteiger partial charge in [-0.15, -0.1) is 11.8 Å². The first-order valence-corrected chi connectivity index (χ1v) is 11.8. The lowest BCUT2D eigenvalue weighted by Gasteiger charge is -2.24. The lowest BCUT2D eigenvalue weighted by Crippen LogP contribution is -2.27. The molecule has 4 rings (SSSR count). The van der Waals surface area contributed by atoms with Crippen LogP contribution < -0.4 is 5.32 Å². The number of rotatable bonds is 5. The first kappa shape index (κ1) is 20.9. The van der Waals surface area contributed by atoms with Crippen LogP contribution >= 0.6 is 34.4 Å². The summed E-state index contributed by atoms with van der Waals surface area (Å²) in [6.07, 6.45) is 0. The summed E-state index contributed by atoms with van der Waals surface area (Å²) in [5, 5.41) is 2.95. The van der Waals surface area contributed by atoms with Gasteiger partial charge in [0.25, 0.3) is 5.91 Å². The molecule has 0 bridgehead atoms. The summed E-state index contributed by atoms with van der Waals surface area (Å²) in [6.45, 7) is 2.57. The van der Waals surface area contributed by atoms with Crippen molar-refractivity contribution in [2.45, 2.75) is 18.8 Å². The molecule has 1 atom stereocenters. The van der Waals surface area contributed by atoms with Crippen LogP contribution in [0.4, 0.5) is 5.69 Å². The average Bonchev–Trinajstić information content (AvgIpc) is 3.11. The molecule has 4 nitrogen and oxygen atoms in total. The molecule has 0 unspecified atom stereocenters. The number of hydrogen-bond donors (Lipinski definition) is 1. The fraction of sp³-hybridized carbons (Fsp3) is 0.167. The number of anilines is 1. The number of hydrogen-bond acceptors (Lipinski definition) is 3. The quantitative estimate of drug-likeness (QED) is 0.437. The number of nitrogens with zero attached hydrogens (tertiary/aromatic N) is 1. The number of nitrogens with one attached hydrogen (secondary N) is 1. The van der Waals surface area contributed by atoms with E-state index in [9.17, 15) is 9.59 Å². The van der Waals surface area contributed by atoms with E-state index in [0.717, 1.165) is 25.9 Å². The fourth-order valence-electron chi connectivity index (χ4n) is 3.44. The SMILES string of the molecule is Cc1cc(I)ccc1NC(=O)c1ccc([C@H]2SCC(=O)N2Cc2ccccc2)cc1. The molecule has 1 aliphatic rings. The van der Waals surface area contributed by atoms with Crippen LogP contribution in [-0.4, -0.2) is 22.5 Å². The zero-order chi connectivity index (χ0) is 21.1. The Labute approximate surface area is 194 Å². The summed E-state index contributed by atoms with van der Waals surface area (Å²) >= 11 is 3.88. The third kappa shape index (κ3) is 4.70. The molecular weight excluding hydrogens is 507 g/mol. The van der Waals surface area contributed by atoms with Crippen LogP contribution in [-0.2, 0) is 11.3 Å². The maximum Gasteiger partial charge on any atom is 0.255 e. The van der Waals surface area contributed by atoms with Gasteiger partial charge in [-0.2, -0.15) is 0 Å². The van der Waals surface area contributed by atoms with Gasteiger partial charge in [0.15, 0.2) is 0 Å². The highest BCUT2D eigenvalue weighted by Gasteiger charge is 2.32. The topological polar surface area (TPSA) is 49.4 Å². The molecular formula is C24H21IN2O2S. The van der Waals surface area contributed by atoms with E-state index in [1.54, 1.807) is 11.8 Å². The molecule has 30 heavy (non-hydrogen) atoms. The smallest absolute Gasteiger partial charge is 0.255 e. The van der Waals surface area contributed by atoms with Gasteiger partial charge in [-0.3, -0.25) is 9.59 Å². The minimum atomic E-state index is -0.137. The number of benzene rings is 3. The Morgan fingerprint density at radius 2 is 1.83 bits per heavy atom. The summed E-state index contributed by atoms with van der Waals surface area (Å²) in [5.74, 6) is 0.484. The van der Waals surface area contributed by atoms with Gasteiger partial charge in [-0.1, -0.05) is 42.5 Å². The van der Waals surface area contributed by atoms with E-state index in [1.165, 1.54) is 0 Å². The Morgan fingerprint density at radius 1 is 1.10 bits per heavy atom. The summed E-state index contributed by atoms with van der Waals surface area (Å²) in [4.78, 5) is 27.0. The van der Waals surface area contributed by atoms with Gasteiger partial charge in [-0.05, 0) is 76.5 Å². The third-order valence-electron chi connectivity index (χ3n) is 5.06. The largest absolute Gasteiger partial charge is 0.322 e. The Morgan fingerprint density at radius 3 is 2.53 bits per heavy atom. The van der Waals surface area contributed by atoms with Crippen LogP contribution in [0.15, 0.2) is 72.8 Å². The lowest BCUT2D eigenvalue weighted by atomic mass is 10.1. The minimum Gasteiger partial charge on any atom is -0.322 e. The predicted octanol–water partition coefficient (Wildman–Crippen LogP) is 5.63. The number of amides is 2. The van der Waals surface area contributed by atoms with Crippen LogP contribution in [0, 0.1) is 10.5 Å². The highest BCUT2D eigenvalue weighted by atomic mass is 127. The zero-order valence-electron chi connectivity index (χ0n) is 16.5. The van der Waals surface area contributed by atoms with Gasteiger partial charge in [0.2, 0.25) is 5.91 Å². The normalized spacial score (nSPS) is 16.0. The van der Waals surface area contributed by atoms with Gasteiger partial charge in [0.1, 0.15) is 5.37 Å². The van der Waals surface area contributed by atoms with Crippen LogP contribution in [0.5, 0.6) is 0 Å². The standard InChI is InChI=1S/C24H21IN2O2S/c1-16-13-20(25)11-12-21(16)26-23(29)18-7-9-19(10-8-18)24-27(22(28)15-30-24)14-17-5-3-2-4-6-17/h2-13,24H,14-15H2,1H3,(H,26,29)/t24-/m1/s1. The van der Waals surface area contributed by atoms with E-state index in [4.69, 9.17) is 0 Å². The number of thioether (sulfide) groups is 1. The molecule has 1 saturated heterocycles. The highest BCUT2D eigenvalue weighted by Crippen LogP contribution is 2.39. The van der Waals surface area contributed by atoms with Crippen molar-refractivity contribution >= 4 is 51.9 Å². The van der Waals surface area contributed by atoms with Crippen LogP contribution in [0.25, 0.3) is 0 Å². The zero-order valence-corrected chi connectivity index (χ0v) is 19.4. The molecule has 2 amide bonds. The van der Waals surface area contributed by atoms with Gasteiger partial charge >= 0.3 is 0 Å². The Hall–Kier alpha value is -2.32. The first-order chi connectivity index (χ1) is 14.5. The minimum absolute atomic E-state index is 0.0340. The number of halogens is 1. The van der Waals surface area contributed by atoms with Crippen molar-refractivity contribution in [2.24, 2.45) is 0 Å². The van der Waals surface area contributed by atoms with E-state index in [0.29, 0.717) is 17.9 Å². The molecule has 1 aliphatic heterocycles. The molecule has 6 heteroatoms. The highest BCUT2D eigenvalue weighted by molar-refractivity contribution is 14.1. The number of aryl methyl sites for hydroxylation is 1. The maximum absolute atomic E-state index is 12.7. The lowest BCUT2D eigenvalue weighted by molar-refractivity contribution is -0.128. The van der Waals surface area contributed by atoms with Gasteiger partial charge in [-0.25, -0.2) is 0 Å². The molecule has 1 heterocycles. The molecule has 3 aromatic rings. The molecule has 152 valence electrons. The summed E-state index contributed by atoms with van der Waals surface area (Å²) in [5.41, 5.74) is 4.59. The van der Waals surface area contributed by atoms with Crippen molar-refractivity contribution in [1.82, 2.24) is 4.90 Å². The number of carbonyl (C=O) groups excluding carboxylic acids is 2. The third-order valence-corrected chi connectivity index (χ3v) is 6.99. The maximum atomic E-state index is 12.7. The van der Waals surface area contributed by atoms with E-state index < -0.39 is 0 Å². The number of carbonyl (C=O) groups is 2. The van der Waals surface area contributed by atoms with Crippen molar-refractivity contribution in [1.29, 1.82) is 0 Å². The van der Waals surface area contributed by atoms with E-state index in [-0.39, 0.29) is 17.2 Å². The summed E-state index contributed by atoms with van der Waals surface area (Å²) in [6, 6.07) is 23.5. The molecule has 1 fully saturated rings. The molecule has 0 spiro atoms. The van der Waals surface area contributed by atoms with Gasteiger partial charge in [0.05, 0.1) is 5.75 Å². The second kappa shape index (κ2) is 9.22. The van der Waals surface area contributed by atoms with Crippen molar-refractivity contribution in [2.75, 3.05) is 11.1 Å². The molecule has 0 aromatic heterocycles. The van der Waals surface area contributed by atoms with E-state index >= 15 is 0 Å². The monoisotopic (exact) mass is 528 g/mol. The van der Waals surface area contributed by atoms with Crippen molar-refractivity contribution in [3.05, 3.63) is 98.6 Å². The fourth-order valence-corrected chi connectivity index (χ4v) is 5.28. The second-order valence-electron chi connectivity index (χ2n) is 7.21. The average molecular weight is 528 g/mol. The van der Waals surface area contributed by atoms with Crippen molar-refractivity contribution in [3.63, 3.8) is 0 Å². The predicted molar refractivity (Wildman–Crippen MR) is 130 cm³/mol. The van der Waals surface area contributed by atoms with E-state index in [1.807, 2.05) is 84.6 Å². The van der Waals surface area contributed by atoms with Gasteiger partial charge in [0, 0.05) is 21.4 Å². The van der Waals surface area contributed by atoms with Gasteiger partial charge < -0.3 is 10.2 Å². The van der Waals surface area contributed by atoms with E-state index in [2.05, 4.69) is 27.9 Å².